The van der Waals surface area contributed by atoms with Crippen molar-refractivity contribution >= 4 is 5.91 Å². The van der Waals surface area contributed by atoms with Crippen molar-refractivity contribution in [2.24, 2.45) is 0 Å². The van der Waals surface area contributed by atoms with Gasteiger partial charge in [0.1, 0.15) is 0 Å². The highest BCUT2D eigenvalue weighted by molar-refractivity contribution is 5.98. The molecule has 1 N–H and O–H groups in total. The van der Waals surface area contributed by atoms with Gasteiger partial charge in [-0.25, -0.2) is 0 Å². The summed E-state index contributed by atoms with van der Waals surface area (Å²) in [6.07, 6.45) is -0.364. The average Bonchev–Trinajstić information content (AvgIpc) is 2.98. The predicted molar refractivity (Wildman–Crippen MR) is 94.0 cm³/mol. The van der Waals surface area contributed by atoms with Gasteiger partial charge in [0.15, 0.2) is 6.23 Å². The van der Waals surface area contributed by atoms with Crippen molar-refractivity contribution < 1.29 is 14.3 Å². The van der Waals surface area contributed by atoms with Crippen molar-refractivity contribution in [3.8, 4) is 0 Å². The minimum Gasteiger partial charge on any atom is -0.379 e. The normalized spacial score (nSPS) is 20.3. The summed E-state index contributed by atoms with van der Waals surface area (Å²) in [5.41, 5.74) is 4.01. The molecule has 1 unspecified atom stereocenters. The molecule has 2 heterocycles. The lowest BCUT2D eigenvalue weighted by atomic mass is 10.1. The monoisotopic (exact) mass is 338 g/mol. The van der Waals surface area contributed by atoms with Crippen molar-refractivity contribution in [2.75, 3.05) is 26.3 Å². The van der Waals surface area contributed by atoms with Crippen LogP contribution < -0.4 is 5.32 Å². The van der Waals surface area contributed by atoms with Crippen molar-refractivity contribution in [3.05, 3.63) is 70.8 Å². The molecule has 25 heavy (non-hydrogen) atoms. The molecule has 0 spiro atoms. The fourth-order valence-electron chi connectivity index (χ4n) is 3.28. The van der Waals surface area contributed by atoms with Gasteiger partial charge >= 0.3 is 0 Å². The third-order valence-corrected chi connectivity index (χ3v) is 4.70. The van der Waals surface area contributed by atoms with Crippen LogP contribution in [0, 0.1) is 0 Å². The largest absolute Gasteiger partial charge is 0.379 e. The van der Waals surface area contributed by atoms with E-state index in [0.717, 1.165) is 44.0 Å². The minimum atomic E-state index is -0.364. The Hall–Kier alpha value is -2.21. The topological polar surface area (TPSA) is 50.8 Å². The number of carbonyl (C=O) groups excluding carboxylic acids is 1. The van der Waals surface area contributed by atoms with E-state index in [-0.39, 0.29) is 12.1 Å². The molecule has 5 nitrogen and oxygen atoms in total. The number of benzene rings is 2. The molecule has 0 saturated carbocycles. The molecule has 2 aliphatic rings. The molecule has 0 bridgehead atoms. The molecule has 4 rings (SSSR count). The molecule has 0 radical (unpaired) electrons. The molecule has 2 aromatic rings. The van der Waals surface area contributed by atoms with E-state index in [2.05, 4.69) is 34.5 Å². The van der Waals surface area contributed by atoms with Crippen LogP contribution in [0.5, 0.6) is 0 Å². The molecular formula is C20H22N2O3. The van der Waals surface area contributed by atoms with Crippen molar-refractivity contribution in [1.82, 2.24) is 10.2 Å². The zero-order valence-electron chi connectivity index (χ0n) is 14.1. The second-order valence-electron chi connectivity index (χ2n) is 6.46. The van der Waals surface area contributed by atoms with Gasteiger partial charge in [-0.1, -0.05) is 42.5 Å². The van der Waals surface area contributed by atoms with Gasteiger partial charge in [0.2, 0.25) is 0 Å². The zero-order valence-corrected chi connectivity index (χ0v) is 14.1. The third-order valence-electron chi connectivity index (χ3n) is 4.70. The number of carbonyl (C=O) groups is 1. The fourth-order valence-corrected chi connectivity index (χ4v) is 3.28. The summed E-state index contributed by atoms with van der Waals surface area (Å²) in [5.74, 6) is -0.0681. The predicted octanol–water partition coefficient (Wildman–Crippen LogP) is 2.48. The van der Waals surface area contributed by atoms with Crippen LogP contribution in [0.1, 0.15) is 33.3 Å². The highest BCUT2D eigenvalue weighted by atomic mass is 16.5. The first kappa shape index (κ1) is 16.3. The van der Waals surface area contributed by atoms with Gasteiger partial charge < -0.3 is 14.8 Å². The van der Waals surface area contributed by atoms with E-state index in [9.17, 15) is 4.79 Å². The van der Waals surface area contributed by atoms with Gasteiger partial charge in [-0.3, -0.25) is 9.69 Å². The Morgan fingerprint density at radius 2 is 1.76 bits per heavy atom. The molecule has 1 saturated heterocycles. The van der Waals surface area contributed by atoms with Crippen LogP contribution in [-0.2, 0) is 22.6 Å². The van der Waals surface area contributed by atoms with E-state index in [4.69, 9.17) is 9.47 Å². The quantitative estimate of drug-likeness (QED) is 0.910. The molecule has 0 aromatic heterocycles. The van der Waals surface area contributed by atoms with Crippen molar-refractivity contribution in [3.63, 3.8) is 0 Å². The Labute approximate surface area is 147 Å². The summed E-state index contributed by atoms with van der Waals surface area (Å²) < 4.78 is 11.3. The maximum Gasteiger partial charge on any atom is 0.253 e. The van der Waals surface area contributed by atoms with Crippen LogP contribution in [0.15, 0.2) is 48.5 Å². The smallest absolute Gasteiger partial charge is 0.253 e. The van der Waals surface area contributed by atoms with E-state index in [1.54, 1.807) is 0 Å². The van der Waals surface area contributed by atoms with Gasteiger partial charge in [0, 0.05) is 30.8 Å². The van der Waals surface area contributed by atoms with E-state index < -0.39 is 0 Å². The number of nitrogens with zero attached hydrogens (tertiary/aromatic N) is 1. The first-order chi connectivity index (χ1) is 12.3. The summed E-state index contributed by atoms with van der Waals surface area (Å²) in [7, 11) is 0. The summed E-state index contributed by atoms with van der Waals surface area (Å²) in [4.78, 5) is 14.3. The van der Waals surface area contributed by atoms with Crippen LogP contribution in [0.3, 0.4) is 0 Å². The maximum atomic E-state index is 11.9. The van der Waals surface area contributed by atoms with Gasteiger partial charge in [0.25, 0.3) is 5.91 Å². The Balaban J connectivity index is 1.34. The molecule has 130 valence electrons. The van der Waals surface area contributed by atoms with Gasteiger partial charge in [-0.05, 0) is 17.2 Å². The molecule has 5 heteroatoms. The van der Waals surface area contributed by atoms with E-state index in [0.29, 0.717) is 12.2 Å². The van der Waals surface area contributed by atoms with Crippen LogP contribution in [0.2, 0.25) is 0 Å². The molecule has 1 atom stereocenters. The summed E-state index contributed by atoms with van der Waals surface area (Å²) in [6.45, 7) is 5.05. The number of amides is 1. The number of ether oxygens (including phenoxy) is 2. The van der Waals surface area contributed by atoms with Crippen LogP contribution in [0.25, 0.3) is 0 Å². The fraction of sp³-hybridized carbons (Fsp3) is 0.350. The molecule has 0 aliphatic carbocycles. The van der Waals surface area contributed by atoms with Crippen LogP contribution in [0.4, 0.5) is 0 Å². The SMILES string of the molecule is O=C1NC(OCc2ccc(CN3CCOCC3)cc2)c2ccccc21. The molecule has 2 aliphatic heterocycles. The maximum absolute atomic E-state index is 11.9. The summed E-state index contributed by atoms with van der Waals surface area (Å²) >= 11 is 0. The molecule has 1 amide bonds. The van der Waals surface area contributed by atoms with E-state index >= 15 is 0 Å². The molecular weight excluding hydrogens is 316 g/mol. The second kappa shape index (κ2) is 7.35. The summed E-state index contributed by atoms with van der Waals surface area (Å²) in [5, 5.41) is 2.88. The number of fused-ring (bicyclic) bond motifs is 1. The second-order valence-corrected chi connectivity index (χ2v) is 6.46. The van der Waals surface area contributed by atoms with Gasteiger partial charge in [-0.2, -0.15) is 0 Å². The summed E-state index contributed by atoms with van der Waals surface area (Å²) in [6, 6.07) is 16.0. The lowest BCUT2D eigenvalue weighted by Gasteiger charge is -2.26. The van der Waals surface area contributed by atoms with Crippen molar-refractivity contribution in [1.29, 1.82) is 0 Å². The first-order valence-corrected chi connectivity index (χ1v) is 8.69. The lowest BCUT2D eigenvalue weighted by Crippen LogP contribution is -2.35. The van der Waals surface area contributed by atoms with Gasteiger partial charge in [0.05, 0.1) is 19.8 Å². The van der Waals surface area contributed by atoms with Crippen molar-refractivity contribution in [2.45, 2.75) is 19.4 Å². The minimum absolute atomic E-state index is 0.0681. The standard InChI is InChI=1S/C20H22N2O3/c23-19-17-3-1-2-4-18(17)20(21-19)25-14-16-7-5-15(6-8-16)13-22-9-11-24-12-10-22/h1-8,20H,9-14H2,(H,21,23). The Morgan fingerprint density at radius 3 is 2.56 bits per heavy atom. The van der Waals surface area contributed by atoms with Crippen LogP contribution in [-0.4, -0.2) is 37.1 Å². The molecule has 2 aromatic carbocycles. The Kier molecular flexibility index (Phi) is 4.78. The molecule has 1 fully saturated rings. The first-order valence-electron chi connectivity index (χ1n) is 8.69. The number of morpholine rings is 1. The number of nitrogens with one attached hydrogen (secondary N) is 1. The van der Waals surface area contributed by atoms with E-state index in [1.165, 1.54) is 5.56 Å². The third kappa shape index (κ3) is 3.74. The zero-order chi connectivity index (χ0) is 17.1. The van der Waals surface area contributed by atoms with Crippen LogP contribution >= 0.6 is 0 Å². The number of hydrogen-bond acceptors (Lipinski definition) is 4. The average molecular weight is 338 g/mol. The Morgan fingerprint density at radius 1 is 1.04 bits per heavy atom. The van der Waals surface area contributed by atoms with Gasteiger partial charge in [-0.15, -0.1) is 0 Å². The highest BCUT2D eigenvalue weighted by Gasteiger charge is 2.28. The van der Waals surface area contributed by atoms with E-state index in [1.807, 2.05) is 24.3 Å². The lowest BCUT2D eigenvalue weighted by molar-refractivity contribution is 0.0234. The Bertz CT molecular complexity index is 739. The number of rotatable bonds is 5. The highest BCUT2D eigenvalue weighted by Crippen LogP contribution is 2.26. The number of hydrogen-bond donors (Lipinski definition) is 1.